The van der Waals surface area contributed by atoms with Crippen LogP contribution in [-0.4, -0.2) is 0 Å². The number of halogens is 1. The van der Waals surface area contributed by atoms with Gasteiger partial charge in [-0.2, -0.15) is 0 Å². The molecule has 0 aliphatic heterocycles. The molecule has 10 heavy (non-hydrogen) atoms. The van der Waals surface area contributed by atoms with Crippen molar-refractivity contribution in [2.24, 2.45) is 5.92 Å². The Morgan fingerprint density at radius 3 is 2.50 bits per heavy atom. The molecular formula is C9H15Cl. The molecule has 1 saturated carbocycles. The van der Waals surface area contributed by atoms with Gasteiger partial charge in [-0.1, -0.05) is 49.8 Å². The topological polar surface area (TPSA) is 0 Å². The number of hydrogen-bond acceptors (Lipinski definition) is 0. The molecule has 0 atom stereocenters. The highest BCUT2D eigenvalue weighted by molar-refractivity contribution is 6.25. The van der Waals surface area contributed by atoms with E-state index >= 15 is 0 Å². The highest BCUT2D eigenvalue weighted by atomic mass is 35.5. The van der Waals surface area contributed by atoms with Crippen molar-refractivity contribution in [2.45, 2.75) is 38.5 Å². The van der Waals surface area contributed by atoms with Gasteiger partial charge in [-0.15, -0.1) is 0 Å². The van der Waals surface area contributed by atoms with Crippen LogP contribution in [0.4, 0.5) is 0 Å². The molecule has 0 heterocycles. The van der Waals surface area contributed by atoms with Crippen LogP contribution < -0.4 is 0 Å². The summed E-state index contributed by atoms with van der Waals surface area (Å²) >= 11 is 5.44. The second kappa shape index (κ2) is 4.79. The van der Waals surface area contributed by atoms with Crippen LogP contribution in [0.3, 0.4) is 0 Å². The first-order valence-corrected chi connectivity index (χ1v) is 4.62. The van der Waals surface area contributed by atoms with Crippen LogP contribution in [0.1, 0.15) is 38.5 Å². The van der Waals surface area contributed by atoms with Gasteiger partial charge < -0.3 is 0 Å². The van der Waals surface area contributed by atoms with Crippen LogP contribution in [0, 0.1) is 5.92 Å². The monoisotopic (exact) mass is 158 g/mol. The van der Waals surface area contributed by atoms with E-state index in [4.69, 9.17) is 11.6 Å². The lowest BCUT2D eigenvalue weighted by Crippen LogP contribution is -2.04. The first-order valence-electron chi connectivity index (χ1n) is 4.18. The number of allylic oxidation sites excluding steroid dienone is 1. The summed E-state index contributed by atoms with van der Waals surface area (Å²) < 4.78 is 0. The molecule has 0 spiro atoms. The quantitative estimate of drug-likeness (QED) is 0.575. The fourth-order valence-corrected chi connectivity index (χ4v) is 1.77. The highest BCUT2D eigenvalue weighted by Gasteiger charge is 2.10. The largest absolute Gasteiger partial charge is 0.0933 e. The summed E-state index contributed by atoms with van der Waals surface area (Å²) in [5.41, 5.74) is 1.65. The van der Waals surface area contributed by atoms with Gasteiger partial charge in [-0.05, 0) is 12.3 Å². The maximum atomic E-state index is 5.44. The highest BCUT2D eigenvalue weighted by Crippen LogP contribution is 2.26. The Morgan fingerprint density at radius 1 is 1.20 bits per heavy atom. The molecule has 0 saturated heterocycles. The van der Waals surface area contributed by atoms with Crippen molar-refractivity contribution in [1.29, 1.82) is 0 Å². The molecule has 1 heteroatoms. The average Bonchev–Trinajstić information content (AvgIpc) is 2.03. The summed E-state index contributed by atoms with van der Waals surface area (Å²) in [7, 11) is 0. The number of hydrogen-bond donors (Lipinski definition) is 0. The molecule has 0 bridgehead atoms. The Hall–Kier alpha value is 0.0300. The second-order valence-corrected chi connectivity index (χ2v) is 3.35. The molecule has 1 aliphatic carbocycles. The molecule has 0 N–H and O–H groups in total. The van der Waals surface area contributed by atoms with Crippen LogP contribution >= 0.6 is 11.6 Å². The second-order valence-electron chi connectivity index (χ2n) is 3.10. The third-order valence-electron chi connectivity index (χ3n) is 2.28. The van der Waals surface area contributed by atoms with Crippen LogP contribution in [0.15, 0.2) is 11.6 Å². The zero-order valence-corrected chi connectivity index (χ0v) is 7.11. The van der Waals surface area contributed by atoms with E-state index in [1.165, 1.54) is 38.5 Å². The molecule has 1 fully saturated rings. The summed E-state index contributed by atoms with van der Waals surface area (Å²) in [6.07, 6.45) is 10.4. The molecule has 0 unspecified atom stereocenters. The molecule has 0 nitrogen and oxygen atoms in total. The molecule has 58 valence electrons. The van der Waals surface area contributed by atoms with Crippen molar-refractivity contribution >= 4 is 11.6 Å². The Morgan fingerprint density at radius 2 is 1.90 bits per heavy atom. The van der Waals surface area contributed by atoms with Gasteiger partial charge >= 0.3 is 0 Å². The van der Waals surface area contributed by atoms with Gasteiger partial charge in [0.25, 0.3) is 0 Å². The lowest BCUT2D eigenvalue weighted by Gasteiger charge is -2.19. The van der Waals surface area contributed by atoms with Gasteiger partial charge in [-0.3, -0.25) is 0 Å². The zero-order chi connectivity index (χ0) is 7.23. The van der Waals surface area contributed by atoms with E-state index in [1.807, 2.05) is 0 Å². The molecule has 0 aromatic rings. The minimum atomic E-state index is 0.934. The maximum absolute atomic E-state index is 5.44. The third-order valence-corrected chi connectivity index (χ3v) is 2.46. The van der Waals surface area contributed by atoms with Crippen LogP contribution in [0.5, 0.6) is 0 Å². The van der Waals surface area contributed by atoms with E-state index in [9.17, 15) is 0 Å². The Bertz CT molecular complexity index is 101. The van der Waals surface area contributed by atoms with Crippen molar-refractivity contribution in [3.8, 4) is 0 Å². The van der Waals surface area contributed by atoms with Crippen molar-refractivity contribution in [1.82, 2.24) is 0 Å². The lowest BCUT2D eigenvalue weighted by atomic mass is 9.87. The summed E-state index contributed by atoms with van der Waals surface area (Å²) in [5, 5.41) is 0. The molecule has 0 amide bonds. The summed E-state index contributed by atoms with van der Waals surface area (Å²) in [6, 6.07) is 0. The fourth-order valence-electron chi connectivity index (χ4n) is 1.67. The molecule has 0 aromatic heterocycles. The maximum Gasteiger partial charge on any atom is 0.000256 e. The summed E-state index contributed by atoms with van der Waals surface area (Å²) in [5.74, 6) is 0.934. The van der Waals surface area contributed by atoms with E-state index in [1.54, 1.807) is 5.54 Å². The standard InChI is InChI=1S/C9H15Cl/c10-8-4-7-9-5-2-1-3-6-9/h4,8-9H,1-3,5-7H2/b8-4-. The van der Waals surface area contributed by atoms with Gasteiger partial charge in [-0.25, -0.2) is 0 Å². The minimum absolute atomic E-state index is 0.934. The Balaban J connectivity index is 2.13. The van der Waals surface area contributed by atoms with Crippen LogP contribution in [0.2, 0.25) is 0 Å². The van der Waals surface area contributed by atoms with Crippen molar-refractivity contribution < 1.29 is 0 Å². The SMILES string of the molecule is Cl/C=C\CC1CCCCC1. The van der Waals surface area contributed by atoms with E-state index in [0.717, 1.165) is 5.92 Å². The predicted molar refractivity (Wildman–Crippen MR) is 46.2 cm³/mol. The summed E-state index contributed by atoms with van der Waals surface area (Å²) in [4.78, 5) is 0. The predicted octanol–water partition coefficient (Wildman–Crippen LogP) is 3.71. The lowest BCUT2D eigenvalue weighted by molar-refractivity contribution is 0.361. The van der Waals surface area contributed by atoms with Crippen molar-refractivity contribution in [3.05, 3.63) is 11.6 Å². The summed E-state index contributed by atoms with van der Waals surface area (Å²) in [6.45, 7) is 0. The van der Waals surface area contributed by atoms with Crippen molar-refractivity contribution in [3.63, 3.8) is 0 Å². The Kier molecular flexibility index (Phi) is 3.89. The van der Waals surface area contributed by atoms with Gasteiger partial charge in [0.05, 0.1) is 0 Å². The van der Waals surface area contributed by atoms with E-state index in [-0.39, 0.29) is 0 Å². The number of rotatable bonds is 2. The van der Waals surface area contributed by atoms with E-state index < -0.39 is 0 Å². The smallest absolute Gasteiger partial charge is 0.000256 e. The first kappa shape index (κ1) is 8.13. The molecular weight excluding hydrogens is 144 g/mol. The van der Waals surface area contributed by atoms with E-state index in [0.29, 0.717) is 0 Å². The normalized spacial score (nSPS) is 22.1. The zero-order valence-electron chi connectivity index (χ0n) is 6.35. The van der Waals surface area contributed by atoms with Gasteiger partial charge in [0.2, 0.25) is 0 Å². The van der Waals surface area contributed by atoms with Gasteiger partial charge in [0, 0.05) is 5.54 Å². The van der Waals surface area contributed by atoms with Crippen molar-refractivity contribution in [2.75, 3.05) is 0 Å². The van der Waals surface area contributed by atoms with E-state index in [2.05, 4.69) is 6.08 Å². The average molecular weight is 159 g/mol. The fraction of sp³-hybridized carbons (Fsp3) is 0.778. The Labute approximate surface area is 68.3 Å². The minimum Gasteiger partial charge on any atom is -0.0933 e. The third kappa shape index (κ3) is 2.74. The first-order chi connectivity index (χ1) is 4.93. The molecule has 1 rings (SSSR count). The molecule has 0 radical (unpaired) electrons. The van der Waals surface area contributed by atoms with Gasteiger partial charge in [0.15, 0.2) is 0 Å². The molecule has 0 aromatic carbocycles. The van der Waals surface area contributed by atoms with Crippen LogP contribution in [0.25, 0.3) is 0 Å². The van der Waals surface area contributed by atoms with Gasteiger partial charge in [0.1, 0.15) is 0 Å². The van der Waals surface area contributed by atoms with Crippen LogP contribution in [-0.2, 0) is 0 Å². The molecule has 1 aliphatic rings.